The monoisotopic (exact) mass is 275 g/mol. The second kappa shape index (κ2) is 7.20. The topological polar surface area (TPSA) is 29.9 Å². The second-order valence-electron chi connectivity index (χ2n) is 5.47. The molecule has 108 valence electrons. The lowest BCUT2D eigenvalue weighted by Gasteiger charge is -2.06. The lowest BCUT2D eigenvalue weighted by Crippen LogP contribution is -2.20. The van der Waals surface area contributed by atoms with Crippen molar-refractivity contribution >= 4 is 0 Å². The summed E-state index contributed by atoms with van der Waals surface area (Å²) in [7, 11) is 0. The van der Waals surface area contributed by atoms with Crippen molar-refractivity contribution in [3.63, 3.8) is 0 Å². The maximum Gasteiger partial charge on any atom is 0.123 e. The smallest absolute Gasteiger partial charge is 0.123 e. The van der Waals surface area contributed by atoms with Crippen LogP contribution in [0.1, 0.15) is 25.8 Å². The van der Waals surface area contributed by atoms with Crippen molar-refractivity contribution in [2.75, 3.05) is 13.1 Å². The predicted octanol–water partition coefficient (Wildman–Crippen LogP) is 3.19. The van der Waals surface area contributed by atoms with E-state index in [1.165, 1.54) is 17.7 Å². The van der Waals surface area contributed by atoms with E-state index in [0.29, 0.717) is 5.92 Å². The molecule has 0 spiro atoms. The number of rotatable bonds is 7. The van der Waals surface area contributed by atoms with E-state index in [1.54, 1.807) is 16.8 Å². The summed E-state index contributed by atoms with van der Waals surface area (Å²) in [4.78, 5) is 0. The molecule has 0 saturated heterocycles. The van der Waals surface area contributed by atoms with Gasteiger partial charge in [-0.25, -0.2) is 9.07 Å². The maximum atomic E-state index is 12.9. The molecule has 0 aliphatic carbocycles. The Morgan fingerprint density at radius 3 is 2.70 bits per heavy atom. The first-order valence-electron chi connectivity index (χ1n) is 7.15. The predicted molar refractivity (Wildman–Crippen MR) is 79.6 cm³/mol. The Labute approximate surface area is 119 Å². The van der Waals surface area contributed by atoms with Crippen LogP contribution < -0.4 is 5.32 Å². The molecule has 0 radical (unpaired) electrons. The Bertz CT molecular complexity index is 517. The number of nitrogens with one attached hydrogen (secondary N) is 1. The van der Waals surface area contributed by atoms with Crippen LogP contribution in [0.15, 0.2) is 36.7 Å². The summed E-state index contributed by atoms with van der Waals surface area (Å²) in [6, 6.07) is 6.37. The molecule has 2 aromatic rings. The van der Waals surface area contributed by atoms with E-state index in [1.807, 2.05) is 12.4 Å². The van der Waals surface area contributed by atoms with E-state index in [9.17, 15) is 4.39 Å². The maximum absolute atomic E-state index is 12.9. The molecule has 1 heterocycles. The van der Waals surface area contributed by atoms with Crippen LogP contribution in [0.25, 0.3) is 5.69 Å². The molecule has 0 amide bonds. The third-order valence-corrected chi connectivity index (χ3v) is 3.10. The van der Waals surface area contributed by atoms with Gasteiger partial charge in [-0.1, -0.05) is 13.8 Å². The highest BCUT2D eigenvalue weighted by atomic mass is 19.1. The van der Waals surface area contributed by atoms with Gasteiger partial charge in [0.1, 0.15) is 5.82 Å². The number of hydrogen-bond acceptors (Lipinski definition) is 2. The molecule has 0 aliphatic heterocycles. The zero-order valence-corrected chi connectivity index (χ0v) is 12.1. The quantitative estimate of drug-likeness (QED) is 0.786. The van der Waals surface area contributed by atoms with Gasteiger partial charge in [0, 0.05) is 6.20 Å². The van der Waals surface area contributed by atoms with Crippen LogP contribution in [0.5, 0.6) is 0 Å². The van der Waals surface area contributed by atoms with E-state index in [4.69, 9.17) is 0 Å². The van der Waals surface area contributed by atoms with Crippen LogP contribution in [0, 0.1) is 11.7 Å². The molecular weight excluding hydrogens is 253 g/mol. The standard InChI is InChI=1S/C16H22FN3/c1-13(2)10-18-9-3-4-14-11-19-20(12-14)16-7-5-15(17)6-8-16/h5-8,11-13,18H,3-4,9-10H2,1-2H3. The third kappa shape index (κ3) is 4.46. The number of benzene rings is 1. The minimum atomic E-state index is -0.225. The van der Waals surface area contributed by atoms with E-state index >= 15 is 0 Å². The molecule has 1 aromatic carbocycles. The number of hydrogen-bond donors (Lipinski definition) is 1. The van der Waals surface area contributed by atoms with E-state index in [2.05, 4.69) is 24.3 Å². The van der Waals surface area contributed by atoms with Crippen LogP contribution in [0.2, 0.25) is 0 Å². The Kier molecular flexibility index (Phi) is 5.30. The Morgan fingerprint density at radius 2 is 2.00 bits per heavy atom. The lowest BCUT2D eigenvalue weighted by atomic mass is 10.2. The number of nitrogens with zero attached hydrogens (tertiary/aromatic N) is 2. The molecule has 4 heteroatoms. The van der Waals surface area contributed by atoms with Crippen molar-refractivity contribution in [2.24, 2.45) is 5.92 Å². The first-order valence-corrected chi connectivity index (χ1v) is 7.15. The molecule has 0 aliphatic rings. The fourth-order valence-electron chi connectivity index (χ4n) is 2.03. The van der Waals surface area contributed by atoms with Gasteiger partial charge in [-0.2, -0.15) is 5.10 Å². The Balaban J connectivity index is 1.82. The molecule has 1 aromatic heterocycles. The first-order chi connectivity index (χ1) is 9.65. The number of aromatic nitrogens is 2. The number of aryl methyl sites for hydroxylation is 1. The third-order valence-electron chi connectivity index (χ3n) is 3.10. The van der Waals surface area contributed by atoms with Gasteiger partial charge in [0.05, 0.1) is 11.9 Å². The average molecular weight is 275 g/mol. The molecular formula is C16H22FN3. The zero-order valence-electron chi connectivity index (χ0n) is 12.1. The Morgan fingerprint density at radius 1 is 1.25 bits per heavy atom. The van der Waals surface area contributed by atoms with Crippen molar-refractivity contribution in [2.45, 2.75) is 26.7 Å². The van der Waals surface area contributed by atoms with Crippen LogP contribution >= 0.6 is 0 Å². The minimum absolute atomic E-state index is 0.225. The summed E-state index contributed by atoms with van der Waals surface area (Å²) < 4.78 is 14.7. The van der Waals surface area contributed by atoms with Gasteiger partial charge >= 0.3 is 0 Å². The van der Waals surface area contributed by atoms with Crippen molar-refractivity contribution in [3.8, 4) is 5.69 Å². The zero-order chi connectivity index (χ0) is 14.4. The second-order valence-corrected chi connectivity index (χ2v) is 5.47. The normalized spacial score (nSPS) is 11.2. The summed E-state index contributed by atoms with van der Waals surface area (Å²) in [5.41, 5.74) is 2.09. The highest BCUT2D eigenvalue weighted by Crippen LogP contribution is 2.10. The van der Waals surface area contributed by atoms with Crippen molar-refractivity contribution in [1.82, 2.24) is 15.1 Å². The van der Waals surface area contributed by atoms with Gasteiger partial charge in [-0.05, 0) is 61.7 Å². The van der Waals surface area contributed by atoms with Crippen LogP contribution in [-0.4, -0.2) is 22.9 Å². The van der Waals surface area contributed by atoms with Gasteiger partial charge in [0.15, 0.2) is 0 Å². The summed E-state index contributed by atoms with van der Waals surface area (Å²) in [5.74, 6) is 0.466. The molecule has 20 heavy (non-hydrogen) atoms. The molecule has 1 N–H and O–H groups in total. The molecule has 0 saturated carbocycles. The van der Waals surface area contributed by atoms with Gasteiger partial charge in [-0.15, -0.1) is 0 Å². The van der Waals surface area contributed by atoms with Crippen LogP contribution in [-0.2, 0) is 6.42 Å². The minimum Gasteiger partial charge on any atom is -0.316 e. The molecule has 3 nitrogen and oxygen atoms in total. The molecule has 0 atom stereocenters. The summed E-state index contributed by atoms with van der Waals surface area (Å²) in [6.45, 7) is 6.51. The van der Waals surface area contributed by atoms with Crippen molar-refractivity contribution in [3.05, 3.63) is 48.0 Å². The van der Waals surface area contributed by atoms with Crippen molar-refractivity contribution < 1.29 is 4.39 Å². The summed E-state index contributed by atoms with van der Waals surface area (Å²) >= 11 is 0. The summed E-state index contributed by atoms with van der Waals surface area (Å²) in [6.07, 6.45) is 6.00. The van der Waals surface area contributed by atoms with Gasteiger partial charge in [-0.3, -0.25) is 0 Å². The van der Waals surface area contributed by atoms with Gasteiger partial charge in [0.25, 0.3) is 0 Å². The van der Waals surface area contributed by atoms with E-state index in [-0.39, 0.29) is 5.82 Å². The first kappa shape index (κ1) is 14.7. The highest BCUT2D eigenvalue weighted by Gasteiger charge is 2.01. The largest absolute Gasteiger partial charge is 0.316 e. The molecule has 0 fully saturated rings. The fraction of sp³-hybridized carbons (Fsp3) is 0.438. The molecule has 2 rings (SSSR count). The van der Waals surface area contributed by atoms with Crippen molar-refractivity contribution in [1.29, 1.82) is 0 Å². The van der Waals surface area contributed by atoms with Crippen LogP contribution in [0.3, 0.4) is 0 Å². The lowest BCUT2D eigenvalue weighted by molar-refractivity contribution is 0.543. The highest BCUT2D eigenvalue weighted by molar-refractivity contribution is 5.31. The fourth-order valence-corrected chi connectivity index (χ4v) is 2.03. The van der Waals surface area contributed by atoms with Gasteiger partial charge < -0.3 is 5.32 Å². The van der Waals surface area contributed by atoms with Crippen LogP contribution in [0.4, 0.5) is 4.39 Å². The summed E-state index contributed by atoms with van der Waals surface area (Å²) in [5, 5.41) is 7.75. The molecule has 0 bridgehead atoms. The van der Waals surface area contributed by atoms with E-state index < -0.39 is 0 Å². The Hall–Kier alpha value is -1.68. The van der Waals surface area contributed by atoms with E-state index in [0.717, 1.165) is 31.6 Å². The number of halogens is 1. The molecule has 0 unspecified atom stereocenters. The van der Waals surface area contributed by atoms with Gasteiger partial charge in [0.2, 0.25) is 0 Å². The SMILES string of the molecule is CC(C)CNCCCc1cnn(-c2ccc(F)cc2)c1. The average Bonchev–Trinajstić information content (AvgIpc) is 2.87.